The van der Waals surface area contributed by atoms with Crippen molar-refractivity contribution in [2.45, 2.75) is 147 Å². The number of fused-ring (bicyclic) bond motifs is 4. The molecule has 48 heteroatoms. The maximum absolute atomic E-state index is 13.6. The number of carboxylic acid groups (broad SMARTS) is 7. The van der Waals surface area contributed by atoms with Gasteiger partial charge in [-0.3, -0.25) is 96.3 Å². The summed E-state index contributed by atoms with van der Waals surface area (Å²) >= 11 is 0. The minimum atomic E-state index is -1.22. The van der Waals surface area contributed by atoms with E-state index in [1.54, 1.807) is 96.6 Å². The maximum Gasteiger partial charge on any atom is 0.317 e. The highest BCUT2D eigenvalue weighted by Gasteiger charge is 2.35. The molecule has 6 aromatic rings. The second-order valence-corrected chi connectivity index (χ2v) is 34.8. The van der Waals surface area contributed by atoms with E-state index in [9.17, 15) is 102 Å². The number of hydrogen-bond acceptors (Lipinski definition) is 30. The van der Waals surface area contributed by atoms with Crippen molar-refractivity contribution >= 4 is 128 Å². The van der Waals surface area contributed by atoms with Crippen molar-refractivity contribution in [1.82, 2.24) is 85.7 Å². The van der Waals surface area contributed by atoms with E-state index in [1.807, 2.05) is 48.5 Å². The van der Waals surface area contributed by atoms with Crippen molar-refractivity contribution in [2.75, 3.05) is 209 Å². The van der Waals surface area contributed by atoms with Crippen LogP contribution in [0.25, 0.3) is 22.1 Å². The quantitative estimate of drug-likeness (QED) is 0.0239. The number of amides is 9. The molecule has 0 saturated carbocycles. The lowest BCUT2D eigenvalue weighted by Gasteiger charge is -2.33. The summed E-state index contributed by atoms with van der Waals surface area (Å²) in [6, 6.07) is 20.7. The first-order chi connectivity index (χ1) is 68.5. The van der Waals surface area contributed by atoms with Crippen LogP contribution in [0.3, 0.4) is 0 Å². The van der Waals surface area contributed by atoms with E-state index < -0.39 is 115 Å². The molecule has 5 heterocycles. The van der Waals surface area contributed by atoms with Gasteiger partial charge in [-0.05, 0) is 124 Å². The zero-order valence-electron chi connectivity index (χ0n) is 81.2. The number of aromatic nitrogens is 4. The molecule has 2 aromatic heterocycles. The number of imidazole rings is 2. The third kappa shape index (κ3) is 42.7. The summed E-state index contributed by atoms with van der Waals surface area (Å²) in [5.74, 6) is -10.1. The number of nitrogens with zero attached hydrogens (tertiary/aromatic N) is 10. The zero-order valence-corrected chi connectivity index (χ0v) is 81.2. The molecule has 3 aliphatic heterocycles. The first-order valence-corrected chi connectivity index (χ1v) is 47.6. The number of para-hydroxylation sites is 4. The maximum atomic E-state index is 13.6. The Labute approximate surface area is 826 Å². The first-order valence-electron chi connectivity index (χ1n) is 47.6. The average molecular weight is 2010 g/mol. The van der Waals surface area contributed by atoms with Crippen molar-refractivity contribution < 1.29 is 141 Å². The topological polar surface area (TPSA) is 638 Å². The van der Waals surface area contributed by atoms with Gasteiger partial charge in [-0.1, -0.05) is 24.3 Å². The van der Waals surface area contributed by atoms with E-state index >= 15 is 0 Å². The number of H-pyrrole nitrogens is 2. The zero-order chi connectivity index (χ0) is 104. The summed E-state index contributed by atoms with van der Waals surface area (Å²) in [5.41, 5.74) is 6.70. The SMILES string of the molecule is CC(=O)N[C@@H](CCC(=O)NCCCOCCOCCOCCCN1Cc2cc(C(=O)N(C)Cc3nc4ccccc4[nH]3)ccc2N[C@H](CC(=O)O)C1=O)C(=O)NCCCOCCOCCOCCCN1Cc2cc(C(=O)N(C)Cc3nc4ccccc4[nH]3)ccc2N[C@@H](CC(=O)O)C1=O.C[C@H](CCC(=O)O)NC(=O)[C@H](CCC(=O)O)NC(=O)CN1CCN(CC(=O)O)CCN(CC(=O)O)CCN(CC(=O)O)CC1. The molecule has 1 fully saturated rings. The monoisotopic (exact) mass is 2010 g/mol. The highest BCUT2D eigenvalue weighted by atomic mass is 16.6. The van der Waals surface area contributed by atoms with Crippen LogP contribution in [-0.4, -0.2) is 418 Å². The summed E-state index contributed by atoms with van der Waals surface area (Å²) in [6.07, 6.45) is 0.536. The molecule has 3 aliphatic rings. The molecule has 0 aliphatic carbocycles. The van der Waals surface area contributed by atoms with Crippen LogP contribution >= 0.6 is 0 Å². The fourth-order valence-electron chi connectivity index (χ4n) is 15.8. The van der Waals surface area contributed by atoms with Gasteiger partial charge in [-0.25, -0.2) is 9.97 Å². The van der Waals surface area contributed by atoms with Gasteiger partial charge >= 0.3 is 41.8 Å². The third-order valence-corrected chi connectivity index (χ3v) is 23.1. The van der Waals surface area contributed by atoms with Gasteiger partial charge in [0.25, 0.3) is 11.8 Å². The average Bonchev–Trinajstić information content (AvgIpc) is 1.70. The number of ether oxygens (including phenoxy) is 6. The van der Waals surface area contributed by atoms with E-state index in [-0.39, 0.29) is 173 Å². The Bertz CT molecular complexity index is 5120. The summed E-state index contributed by atoms with van der Waals surface area (Å²) in [5, 5.41) is 84.7. The molecular formula is C95H135N19O29. The standard InChI is InChI=1S/C69H91N13O17.C26H44N6O12/c1-46(83)72-57(65(89)71-23-9-27-95-31-35-99-37-33-97-29-11-25-82-43-50-39-48(17-19-52(50)74-59(69(82)93)41-64(87)88)67(91)80(3)45-61-77-55-14-6-7-15-56(55)78-61)20-21-62(84)70-22-8-26-94-30-34-98-36-32-96-28-10-24-81-42-49-38-47(16-18-51(49)73-58(68(81)92)40-63(85)86)66(90)79(2)44-60-75-53-12-4-5-13-54(53)76-60;1-18(2-4-21(34)35)27-26(44)19(3-5-22(36)37)28-20(33)14-29-6-8-30(15-23(38)39)10-12-32(17-25(42)43)13-11-31(9-7-29)16-24(40)41/h4-7,12-19,38-39,57-59,73-74H,8-11,20-37,40-45H2,1-3H3,(H,70,84)(H,71,89)(H,72,83)(H,75,76)(H,77,78)(H,85,86)(H,87,88);18-19H,2-17H2,1H3,(H,27,44)(H,28,33)(H,34,35)(H,36,37)(H,38,39)(H,40,41)(H,42,43)/t57-,58+,59-;18-,19+/m01/s1. The Hall–Kier alpha value is -13.5. The predicted molar refractivity (Wildman–Crippen MR) is 515 cm³/mol. The number of carbonyl (C=O) groups is 16. The number of carboxylic acids is 7. The van der Waals surface area contributed by atoms with Crippen molar-refractivity contribution in [2.24, 2.45) is 0 Å². The van der Waals surface area contributed by atoms with Gasteiger partial charge in [-0.2, -0.15) is 0 Å². The van der Waals surface area contributed by atoms with Crippen molar-refractivity contribution in [3.63, 3.8) is 0 Å². The molecule has 4 aromatic carbocycles. The molecule has 0 radical (unpaired) electrons. The Kier molecular flexibility index (Phi) is 49.3. The third-order valence-electron chi connectivity index (χ3n) is 23.1. The first kappa shape index (κ1) is 115. The smallest absolute Gasteiger partial charge is 0.317 e. The van der Waals surface area contributed by atoms with Crippen LogP contribution in [0.5, 0.6) is 0 Å². The lowest BCUT2D eigenvalue weighted by molar-refractivity contribution is -0.141. The van der Waals surface area contributed by atoms with Crippen LogP contribution in [0.15, 0.2) is 84.9 Å². The van der Waals surface area contributed by atoms with Gasteiger partial charge in [0.15, 0.2) is 0 Å². The van der Waals surface area contributed by atoms with Gasteiger partial charge in [-0.15, -0.1) is 0 Å². The van der Waals surface area contributed by atoms with Crippen molar-refractivity contribution in [1.29, 1.82) is 0 Å². The van der Waals surface area contributed by atoms with Crippen LogP contribution in [0.1, 0.15) is 134 Å². The van der Waals surface area contributed by atoms with Crippen molar-refractivity contribution in [3.05, 3.63) is 119 Å². The number of carbonyl (C=O) groups excluding carboxylic acids is 9. The Morgan fingerprint density at radius 1 is 0.420 bits per heavy atom. The Balaban J connectivity index is 0.000000476. The molecule has 0 bridgehead atoms. The number of anilines is 2. The number of aliphatic carboxylic acids is 7. The molecule has 16 N–H and O–H groups in total. The molecule has 5 atom stereocenters. The van der Waals surface area contributed by atoms with E-state index in [0.717, 1.165) is 22.1 Å². The molecule has 0 spiro atoms. The van der Waals surface area contributed by atoms with Gasteiger partial charge in [0.05, 0.1) is 127 Å². The molecule has 9 amide bonds. The van der Waals surface area contributed by atoms with Crippen LogP contribution < -0.4 is 37.2 Å². The van der Waals surface area contributed by atoms with Crippen LogP contribution in [-0.2, 0) is 122 Å². The molecule has 9 rings (SSSR count). The van der Waals surface area contributed by atoms with E-state index in [4.69, 9.17) is 38.6 Å². The van der Waals surface area contributed by atoms with Gasteiger partial charge < -0.3 is 131 Å². The van der Waals surface area contributed by atoms with Crippen LogP contribution in [0.2, 0.25) is 0 Å². The minimum Gasteiger partial charge on any atom is -0.481 e. The summed E-state index contributed by atoms with van der Waals surface area (Å²) in [4.78, 5) is 226. The number of aromatic amines is 2. The highest BCUT2D eigenvalue weighted by Crippen LogP contribution is 2.30. The van der Waals surface area contributed by atoms with Crippen LogP contribution in [0.4, 0.5) is 11.4 Å². The number of benzene rings is 4. The van der Waals surface area contributed by atoms with E-state index in [2.05, 4.69) is 57.2 Å². The van der Waals surface area contributed by atoms with E-state index in [1.165, 1.54) is 6.92 Å². The molecule has 0 unspecified atom stereocenters. The lowest BCUT2D eigenvalue weighted by Crippen LogP contribution is -2.53. The summed E-state index contributed by atoms with van der Waals surface area (Å²) in [6.45, 7) is 9.06. The number of rotatable bonds is 60. The Morgan fingerprint density at radius 3 is 1.18 bits per heavy atom. The second-order valence-electron chi connectivity index (χ2n) is 34.8. The Morgan fingerprint density at radius 2 is 0.790 bits per heavy atom. The van der Waals surface area contributed by atoms with Crippen LogP contribution in [0, 0.1) is 0 Å². The van der Waals surface area contributed by atoms with E-state index in [0.29, 0.717) is 170 Å². The minimum absolute atomic E-state index is 0.00947. The summed E-state index contributed by atoms with van der Waals surface area (Å²) < 4.78 is 34.0. The fourth-order valence-corrected chi connectivity index (χ4v) is 15.8. The second kappa shape index (κ2) is 61.4. The highest BCUT2D eigenvalue weighted by molar-refractivity contribution is 5.98. The van der Waals surface area contributed by atoms with Gasteiger partial charge in [0, 0.05) is 187 Å². The molecule has 784 valence electrons. The molecular weight excluding hydrogens is 1870 g/mol. The van der Waals surface area contributed by atoms with Gasteiger partial charge in [0.2, 0.25) is 41.4 Å². The normalized spacial score (nSPS) is 15.6. The summed E-state index contributed by atoms with van der Waals surface area (Å²) in [7, 11) is 3.37. The number of hydrogen-bond donors (Lipinski definition) is 16. The molecule has 1 saturated heterocycles. The van der Waals surface area contributed by atoms with Gasteiger partial charge in [0.1, 0.15) is 35.8 Å². The lowest BCUT2D eigenvalue weighted by atomic mass is 10.1. The largest absolute Gasteiger partial charge is 0.481 e. The molecule has 48 nitrogen and oxygen atoms in total. The van der Waals surface area contributed by atoms with Crippen molar-refractivity contribution in [3.8, 4) is 0 Å². The number of nitrogens with one attached hydrogen (secondary N) is 9. The predicted octanol–water partition coefficient (Wildman–Crippen LogP) is 1.24. The fraction of sp³-hybridized carbons (Fsp3) is 0.558. The molecule has 143 heavy (non-hydrogen) atoms.